The summed E-state index contributed by atoms with van der Waals surface area (Å²) in [4.78, 5) is 17.8. The Morgan fingerprint density at radius 2 is 2.09 bits per heavy atom. The molecule has 0 saturated heterocycles. The van der Waals surface area contributed by atoms with Crippen LogP contribution < -0.4 is 0 Å². The molecule has 2 atom stereocenters. The van der Waals surface area contributed by atoms with Crippen LogP contribution in [0.3, 0.4) is 0 Å². The van der Waals surface area contributed by atoms with Crippen molar-refractivity contribution in [2.75, 3.05) is 5.75 Å². The molecule has 1 aromatic carbocycles. The number of thioether (sulfide) groups is 1. The largest absolute Gasteiger partial charge is 0.274 e. The fourth-order valence-electron chi connectivity index (χ4n) is 3.18. The molecule has 1 aromatic heterocycles. The van der Waals surface area contributed by atoms with Gasteiger partial charge in [0.1, 0.15) is 4.49 Å². The number of nitrogens with zero attached hydrogens (tertiary/aromatic N) is 2. The third-order valence-corrected chi connectivity index (χ3v) is 5.58. The van der Waals surface area contributed by atoms with Gasteiger partial charge in [0.15, 0.2) is 5.16 Å². The van der Waals surface area contributed by atoms with Gasteiger partial charge in [-0.25, -0.2) is 4.98 Å². The Bertz CT molecular complexity index is 793. The lowest BCUT2D eigenvalue weighted by molar-refractivity contribution is 0.0863. The van der Waals surface area contributed by atoms with Crippen molar-refractivity contribution in [2.24, 2.45) is 17.3 Å². The number of hydrogen-bond acceptors (Lipinski definition) is 3. The second-order valence-corrected chi connectivity index (χ2v) is 8.51. The van der Waals surface area contributed by atoms with Crippen LogP contribution in [0.15, 0.2) is 40.0 Å². The van der Waals surface area contributed by atoms with Crippen LogP contribution in [0.4, 0.5) is 0 Å². The standard InChI is InChI=1S/C17H18Cl2N2OS/c1-4-23-16-20-11-7-5-6-8-12(11)21(16)15(22)14-10(9-13(18)19)17(14,2)3/h5-10,14H,4H2,1-3H3/t10-,14-/m1/s1. The third kappa shape index (κ3) is 2.92. The molecule has 0 bridgehead atoms. The van der Waals surface area contributed by atoms with Gasteiger partial charge in [-0.2, -0.15) is 0 Å². The summed E-state index contributed by atoms with van der Waals surface area (Å²) in [6.07, 6.45) is 1.78. The molecule has 0 spiro atoms. The first-order chi connectivity index (χ1) is 10.9. The van der Waals surface area contributed by atoms with E-state index in [4.69, 9.17) is 23.2 Å². The average molecular weight is 369 g/mol. The Morgan fingerprint density at radius 3 is 2.74 bits per heavy atom. The van der Waals surface area contributed by atoms with Gasteiger partial charge in [-0.3, -0.25) is 9.36 Å². The Kier molecular flexibility index (Phi) is 4.51. The molecule has 0 radical (unpaired) electrons. The van der Waals surface area contributed by atoms with E-state index in [1.54, 1.807) is 22.4 Å². The van der Waals surface area contributed by atoms with Crippen molar-refractivity contribution < 1.29 is 4.79 Å². The van der Waals surface area contributed by atoms with Gasteiger partial charge in [-0.05, 0) is 35.3 Å². The van der Waals surface area contributed by atoms with E-state index in [1.165, 1.54) is 0 Å². The van der Waals surface area contributed by atoms with Crippen LogP contribution in [0.25, 0.3) is 11.0 Å². The number of benzene rings is 1. The fraction of sp³-hybridized carbons (Fsp3) is 0.412. The van der Waals surface area contributed by atoms with Crippen molar-refractivity contribution in [1.82, 2.24) is 9.55 Å². The van der Waals surface area contributed by atoms with Crippen LogP contribution in [-0.4, -0.2) is 21.2 Å². The smallest absolute Gasteiger partial charge is 0.237 e. The zero-order valence-corrected chi connectivity index (χ0v) is 15.5. The highest BCUT2D eigenvalue weighted by Crippen LogP contribution is 2.60. The number of para-hydroxylation sites is 2. The summed E-state index contributed by atoms with van der Waals surface area (Å²) in [5.74, 6) is 0.849. The maximum atomic E-state index is 13.2. The molecule has 2 aromatic rings. The van der Waals surface area contributed by atoms with Crippen LogP contribution in [0, 0.1) is 17.3 Å². The third-order valence-electron chi connectivity index (χ3n) is 4.51. The lowest BCUT2D eigenvalue weighted by Gasteiger charge is -2.08. The predicted molar refractivity (Wildman–Crippen MR) is 97.3 cm³/mol. The van der Waals surface area contributed by atoms with Crippen molar-refractivity contribution in [3.05, 3.63) is 34.8 Å². The normalized spacial score (nSPS) is 22.1. The number of carbonyl (C=O) groups excluding carboxylic acids is 1. The molecule has 3 nitrogen and oxygen atoms in total. The summed E-state index contributed by atoms with van der Waals surface area (Å²) in [5.41, 5.74) is 1.56. The first-order valence-corrected chi connectivity index (χ1v) is 9.29. The molecule has 122 valence electrons. The van der Waals surface area contributed by atoms with E-state index in [0.29, 0.717) is 0 Å². The van der Waals surface area contributed by atoms with Crippen molar-refractivity contribution >= 4 is 51.9 Å². The van der Waals surface area contributed by atoms with Gasteiger partial charge in [0, 0.05) is 0 Å². The van der Waals surface area contributed by atoms with Crippen LogP contribution in [0.5, 0.6) is 0 Å². The molecule has 23 heavy (non-hydrogen) atoms. The Hall–Kier alpha value is -0.970. The van der Waals surface area contributed by atoms with Crippen molar-refractivity contribution in [3.63, 3.8) is 0 Å². The molecule has 3 rings (SSSR count). The van der Waals surface area contributed by atoms with Gasteiger partial charge in [-0.15, -0.1) is 0 Å². The number of hydrogen-bond donors (Lipinski definition) is 0. The molecule has 1 heterocycles. The minimum Gasteiger partial charge on any atom is -0.274 e. The van der Waals surface area contributed by atoms with E-state index in [-0.39, 0.29) is 27.6 Å². The highest BCUT2D eigenvalue weighted by atomic mass is 35.5. The van der Waals surface area contributed by atoms with E-state index in [0.717, 1.165) is 21.9 Å². The predicted octanol–water partition coefficient (Wildman–Crippen LogP) is 5.38. The number of imidazole rings is 1. The van der Waals surface area contributed by atoms with E-state index >= 15 is 0 Å². The molecule has 0 amide bonds. The SMILES string of the molecule is CCSc1nc2ccccc2n1C(=O)[C@H]1[C@@H](C=C(Cl)Cl)C1(C)C. The highest BCUT2D eigenvalue weighted by Gasteiger charge is 2.61. The zero-order chi connectivity index (χ0) is 16.8. The lowest BCUT2D eigenvalue weighted by Crippen LogP contribution is -2.17. The topological polar surface area (TPSA) is 34.9 Å². The molecule has 1 fully saturated rings. The van der Waals surface area contributed by atoms with Gasteiger partial charge in [0.25, 0.3) is 0 Å². The molecule has 0 unspecified atom stereocenters. The van der Waals surface area contributed by atoms with Gasteiger partial charge < -0.3 is 0 Å². The Balaban J connectivity index is 2.05. The molecule has 0 N–H and O–H groups in total. The second-order valence-electron chi connectivity index (χ2n) is 6.27. The maximum absolute atomic E-state index is 13.2. The van der Waals surface area contributed by atoms with Gasteiger partial charge in [-0.1, -0.05) is 67.9 Å². The highest BCUT2D eigenvalue weighted by molar-refractivity contribution is 7.99. The molecule has 0 aliphatic heterocycles. The van der Waals surface area contributed by atoms with Crippen LogP contribution in [0.2, 0.25) is 0 Å². The Labute approximate surface area is 150 Å². The molecular weight excluding hydrogens is 351 g/mol. The van der Waals surface area contributed by atoms with Crippen LogP contribution >= 0.6 is 35.0 Å². The second kappa shape index (κ2) is 6.15. The molecule has 1 aliphatic rings. The van der Waals surface area contributed by atoms with E-state index in [2.05, 4.69) is 25.8 Å². The number of aromatic nitrogens is 2. The van der Waals surface area contributed by atoms with E-state index in [9.17, 15) is 4.79 Å². The van der Waals surface area contributed by atoms with Crippen molar-refractivity contribution in [1.29, 1.82) is 0 Å². The summed E-state index contributed by atoms with van der Waals surface area (Å²) >= 11 is 13.2. The molecule has 1 aliphatic carbocycles. The summed E-state index contributed by atoms with van der Waals surface area (Å²) in [6, 6.07) is 7.74. The average Bonchev–Trinajstić information content (AvgIpc) is 2.85. The molecule has 6 heteroatoms. The number of carbonyl (C=O) groups is 1. The van der Waals surface area contributed by atoms with Crippen molar-refractivity contribution in [3.8, 4) is 0 Å². The zero-order valence-electron chi connectivity index (χ0n) is 13.2. The maximum Gasteiger partial charge on any atom is 0.237 e. The molecular formula is C17H18Cl2N2OS. The van der Waals surface area contributed by atoms with E-state index < -0.39 is 0 Å². The minimum absolute atomic E-state index is 0.0561. The van der Waals surface area contributed by atoms with Gasteiger partial charge in [0.2, 0.25) is 5.91 Å². The first-order valence-electron chi connectivity index (χ1n) is 7.55. The summed E-state index contributed by atoms with van der Waals surface area (Å²) in [7, 11) is 0. The monoisotopic (exact) mass is 368 g/mol. The fourth-order valence-corrected chi connectivity index (χ4v) is 4.19. The number of allylic oxidation sites excluding steroid dienone is 1. The number of halogens is 2. The summed E-state index contributed by atoms with van der Waals surface area (Å²) in [5, 5.41) is 0.751. The summed E-state index contributed by atoms with van der Waals surface area (Å²) < 4.78 is 1.98. The quantitative estimate of drug-likeness (QED) is 0.679. The van der Waals surface area contributed by atoms with E-state index in [1.807, 2.05) is 24.3 Å². The number of fused-ring (bicyclic) bond motifs is 1. The summed E-state index contributed by atoms with van der Waals surface area (Å²) in [6.45, 7) is 6.19. The Morgan fingerprint density at radius 1 is 1.39 bits per heavy atom. The van der Waals surface area contributed by atoms with Crippen molar-refractivity contribution in [2.45, 2.75) is 25.9 Å². The van der Waals surface area contributed by atoms with Crippen LogP contribution in [-0.2, 0) is 0 Å². The van der Waals surface area contributed by atoms with Gasteiger partial charge in [0.05, 0.1) is 17.0 Å². The molecule has 1 saturated carbocycles. The number of rotatable bonds is 4. The van der Waals surface area contributed by atoms with Crippen LogP contribution in [0.1, 0.15) is 25.6 Å². The first kappa shape index (κ1) is 16.9. The lowest BCUT2D eigenvalue weighted by atomic mass is 10.1. The van der Waals surface area contributed by atoms with Gasteiger partial charge >= 0.3 is 0 Å². The minimum atomic E-state index is -0.147.